The molecule has 18 heavy (non-hydrogen) atoms. The van der Waals surface area contributed by atoms with Crippen LogP contribution in [0.25, 0.3) is 0 Å². The summed E-state index contributed by atoms with van der Waals surface area (Å²) in [6.45, 7) is 3.16. The minimum atomic E-state index is -0.313. The lowest BCUT2D eigenvalue weighted by molar-refractivity contribution is 0.0600. The van der Waals surface area contributed by atoms with Gasteiger partial charge in [-0.25, -0.2) is 4.79 Å². The molecule has 4 heteroatoms. The minimum absolute atomic E-state index is 0.0187. The average molecular weight is 268 g/mol. The van der Waals surface area contributed by atoms with Crippen LogP contribution in [0.1, 0.15) is 34.1 Å². The van der Waals surface area contributed by atoms with E-state index in [0.717, 1.165) is 25.2 Å². The van der Waals surface area contributed by atoms with Crippen molar-refractivity contribution in [2.24, 2.45) is 0 Å². The Hall–Kier alpha value is -1.06. The van der Waals surface area contributed by atoms with Gasteiger partial charge >= 0.3 is 5.97 Å². The highest BCUT2D eigenvalue weighted by molar-refractivity contribution is 6.21. The van der Waals surface area contributed by atoms with E-state index in [2.05, 4.69) is 9.64 Å². The molecule has 0 spiro atoms. The quantitative estimate of drug-likeness (QED) is 0.621. The standard InChI is InChI=1S/C14H18ClNO2/c1-18-14(17)12-6-4-11(5-7-12)13(15)10-16-8-2-3-9-16/h4-7,13H,2-3,8-10H2,1H3. The van der Waals surface area contributed by atoms with E-state index in [0.29, 0.717) is 5.56 Å². The third kappa shape index (κ3) is 3.24. The van der Waals surface area contributed by atoms with Crippen LogP contribution in [0.3, 0.4) is 0 Å². The number of nitrogens with zero attached hydrogens (tertiary/aromatic N) is 1. The van der Waals surface area contributed by atoms with Crippen molar-refractivity contribution in [3.8, 4) is 0 Å². The van der Waals surface area contributed by atoms with Gasteiger partial charge in [0, 0.05) is 6.54 Å². The van der Waals surface area contributed by atoms with E-state index in [4.69, 9.17) is 11.6 Å². The second-order valence-corrected chi connectivity index (χ2v) is 5.12. The number of alkyl halides is 1. The number of esters is 1. The highest BCUT2D eigenvalue weighted by atomic mass is 35.5. The van der Waals surface area contributed by atoms with Gasteiger partial charge in [-0.2, -0.15) is 0 Å². The predicted octanol–water partition coefficient (Wildman–Crippen LogP) is 2.85. The predicted molar refractivity (Wildman–Crippen MR) is 72.0 cm³/mol. The molecule has 0 saturated carbocycles. The molecule has 0 radical (unpaired) electrons. The first kappa shape index (κ1) is 13.4. The van der Waals surface area contributed by atoms with Gasteiger partial charge in [0.1, 0.15) is 0 Å². The monoisotopic (exact) mass is 267 g/mol. The number of ether oxygens (including phenoxy) is 1. The van der Waals surface area contributed by atoms with Crippen molar-refractivity contribution in [1.29, 1.82) is 0 Å². The maximum atomic E-state index is 11.3. The second kappa shape index (κ2) is 6.21. The van der Waals surface area contributed by atoms with Gasteiger partial charge in [-0.3, -0.25) is 0 Å². The zero-order valence-corrected chi connectivity index (χ0v) is 11.3. The Kier molecular flexibility index (Phi) is 4.61. The van der Waals surface area contributed by atoms with E-state index in [1.807, 2.05) is 12.1 Å². The van der Waals surface area contributed by atoms with Gasteiger partial charge in [0.2, 0.25) is 0 Å². The van der Waals surface area contributed by atoms with Crippen molar-refractivity contribution in [3.63, 3.8) is 0 Å². The number of hydrogen-bond acceptors (Lipinski definition) is 3. The van der Waals surface area contributed by atoms with E-state index >= 15 is 0 Å². The molecule has 0 bridgehead atoms. The number of methoxy groups -OCH3 is 1. The van der Waals surface area contributed by atoms with Crippen LogP contribution in [0.2, 0.25) is 0 Å². The molecule has 1 heterocycles. The van der Waals surface area contributed by atoms with Crippen molar-refractivity contribution in [3.05, 3.63) is 35.4 Å². The summed E-state index contributed by atoms with van der Waals surface area (Å²) < 4.78 is 4.66. The number of hydrogen-bond donors (Lipinski definition) is 0. The van der Waals surface area contributed by atoms with Crippen molar-refractivity contribution in [1.82, 2.24) is 4.90 Å². The smallest absolute Gasteiger partial charge is 0.337 e. The lowest BCUT2D eigenvalue weighted by atomic mass is 10.1. The number of carbonyl (C=O) groups excluding carboxylic acids is 1. The third-order valence-electron chi connectivity index (χ3n) is 3.31. The molecule has 1 aromatic carbocycles. The number of likely N-dealkylation sites (tertiary alicyclic amines) is 1. The Bertz CT molecular complexity index is 399. The first-order valence-electron chi connectivity index (χ1n) is 6.25. The molecule has 1 aliphatic heterocycles. The lowest BCUT2D eigenvalue weighted by Gasteiger charge is -2.19. The Morgan fingerprint density at radius 2 is 1.94 bits per heavy atom. The van der Waals surface area contributed by atoms with Crippen LogP contribution in [0.4, 0.5) is 0 Å². The first-order valence-corrected chi connectivity index (χ1v) is 6.69. The molecule has 1 saturated heterocycles. The molecule has 3 nitrogen and oxygen atoms in total. The van der Waals surface area contributed by atoms with Gasteiger partial charge in [0.15, 0.2) is 0 Å². The topological polar surface area (TPSA) is 29.5 Å². The Morgan fingerprint density at radius 3 is 2.50 bits per heavy atom. The van der Waals surface area contributed by atoms with Gasteiger partial charge in [-0.05, 0) is 43.6 Å². The van der Waals surface area contributed by atoms with E-state index in [1.165, 1.54) is 20.0 Å². The van der Waals surface area contributed by atoms with E-state index in [1.54, 1.807) is 12.1 Å². The minimum Gasteiger partial charge on any atom is -0.465 e. The fraction of sp³-hybridized carbons (Fsp3) is 0.500. The van der Waals surface area contributed by atoms with Crippen molar-refractivity contribution < 1.29 is 9.53 Å². The maximum Gasteiger partial charge on any atom is 0.337 e. The van der Waals surface area contributed by atoms with Gasteiger partial charge < -0.3 is 9.64 Å². The average Bonchev–Trinajstić information content (AvgIpc) is 2.91. The Balaban J connectivity index is 1.97. The first-order chi connectivity index (χ1) is 8.70. The number of rotatable bonds is 4. The third-order valence-corrected chi connectivity index (χ3v) is 3.70. The summed E-state index contributed by atoms with van der Waals surface area (Å²) in [4.78, 5) is 13.7. The van der Waals surface area contributed by atoms with E-state index in [-0.39, 0.29) is 11.3 Å². The van der Waals surface area contributed by atoms with Gasteiger partial charge in [0.25, 0.3) is 0 Å². The molecule has 0 aromatic heterocycles. The van der Waals surface area contributed by atoms with E-state index < -0.39 is 0 Å². The lowest BCUT2D eigenvalue weighted by Crippen LogP contribution is -2.23. The summed E-state index contributed by atoms with van der Waals surface area (Å²) >= 11 is 6.39. The molecule has 1 aliphatic rings. The van der Waals surface area contributed by atoms with Gasteiger partial charge in [-0.1, -0.05) is 12.1 Å². The second-order valence-electron chi connectivity index (χ2n) is 4.59. The number of benzene rings is 1. The SMILES string of the molecule is COC(=O)c1ccc(C(Cl)CN2CCCC2)cc1. The van der Waals surface area contributed by atoms with Gasteiger partial charge in [0.05, 0.1) is 18.1 Å². The fourth-order valence-electron chi connectivity index (χ4n) is 2.24. The van der Waals surface area contributed by atoms with E-state index in [9.17, 15) is 4.79 Å². The van der Waals surface area contributed by atoms with Crippen LogP contribution in [0.15, 0.2) is 24.3 Å². The molecule has 2 rings (SSSR count). The summed E-state index contributed by atoms with van der Waals surface area (Å²) in [5.41, 5.74) is 1.61. The molecular weight excluding hydrogens is 250 g/mol. The Labute approximate surface area is 113 Å². The molecular formula is C14H18ClNO2. The largest absolute Gasteiger partial charge is 0.465 e. The molecule has 0 aliphatic carbocycles. The molecule has 1 aromatic rings. The van der Waals surface area contributed by atoms with Crippen LogP contribution in [-0.2, 0) is 4.74 Å². The molecule has 1 fully saturated rings. The summed E-state index contributed by atoms with van der Waals surface area (Å²) in [7, 11) is 1.38. The van der Waals surface area contributed by atoms with Crippen LogP contribution in [0.5, 0.6) is 0 Å². The van der Waals surface area contributed by atoms with Crippen molar-refractivity contribution in [2.45, 2.75) is 18.2 Å². The molecule has 0 N–H and O–H groups in total. The van der Waals surface area contributed by atoms with Crippen LogP contribution in [0, 0.1) is 0 Å². The summed E-state index contributed by atoms with van der Waals surface area (Å²) in [5, 5.41) is -0.0187. The zero-order valence-electron chi connectivity index (χ0n) is 10.6. The van der Waals surface area contributed by atoms with Crippen LogP contribution in [-0.4, -0.2) is 37.6 Å². The fourth-order valence-corrected chi connectivity index (χ4v) is 2.58. The number of carbonyl (C=O) groups is 1. The molecule has 1 atom stereocenters. The summed E-state index contributed by atoms with van der Waals surface area (Å²) in [6, 6.07) is 7.33. The number of halogens is 1. The summed E-state index contributed by atoms with van der Waals surface area (Å²) in [5.74, 6) is -0.313. The highest BCUT2D eigenvalue weighted by Crippen LogP contribution is 2.24. The summed E-state index contributed by atoms with van der Waals surface area (Å²) in [6.07, 6.45) is 2.54. The molecule has 0 amide bonds. The Morgan fingerprint density at radius 1 is 1.33 bits per heavy atom. The van der Waals surface area contributed by atoms with Crippen molar-refractivity contribution in [2.75, 3.05) is 26.7 Å². The zero-order chi connectivity index (χ0) is 13.0. The van der Waals surface area contributed by atoms with Crippen LogP contribution < -0.4 is 0 Å². The normalized spacial score (nSPS) is 17.7. The molecule has 98 valence electrons. The molecule has 1 unspecified atom stereocenters. The highest BCUT2D eigenvalue weighted by Gasteiger charge is 2.17. The maximum absolute atomic E-state index is 11.3. The van der Waals surface area contributed by atoms with Crippen molar-refractivity contribution >= 4 is 17.6 Å². The van der Waals surface area contributed by atoms with Gasteiger partial charge in [-0.15, -0.1) is 11.6 Å². The van der Waals surface area contributed by atoms with Crippen LogP contribution >= 0.6 is 11.6 Å².